The van der Waals surface area contributed by atoms with Crippen LogP contribution in [-0.2, 0) is 5.75 Å². The number of hydrogen-bond acceptors (Lipinski definition) is 5. The molecule has 0 atom stereocenters. The zero-order valence-electron chi connectivity index (χ0n) is 19.3. The summed E-state index contributed by atoms with van der Waals surface area (Å²) in [5, 5.41) is 5.06. The van der Waals surface area contributed by atoms with Crippen molar-refractivity contribution < 1.29 is 18.2 Å². The number of hydrogen-bond donors (Lipinski definition) is 2. The number of hydrazine groups is 1. The van der Waals surface area contributed by atoms with E-state index in [-0.39, 0.29) is 33.4 Å². The summed E-state index contributed by atoms with van der Waals surface area (Å²) < 4.78 is 43.5. The lowest BCUT2D eigenvalue weighted by atomic mass is 9.98. The third kappa shape index (κ3) is 5.48. The number of amidine groups is 1. The molecule has 0 saturated heterocycles. The molecule has 0 aromatic heterocycles. The van der Waals surface area contributed by atoms with Gasteiger partial charge in [-0.05, 0) is 53.9 Å². The molecule has 184 valence electrons. The second-order valence-electron chi connectivity index (χ2n) is 7.98. The highest BCUT2D eigenvalue weighted by molar-refractivity contribution is 8.13. The number of rotatable bonds is 6. The fourth-order valence-corrected chi connectivity index (χ4v) is 4.53. The molecule has 4 N–H and O–H groups in total. The van der Waals surface area contributed by atoms with Gasteiger partial charge in [-0.15, -0.1) is 0 Å². The van der Waals surface area contributed by atoms with Crippen LogP contribution in [0, 0.1) is 18.6 Å². The third-order valence-electron chi connectivity index (χ3n) is 5.60. The number of aryl methyl sites for hydroxylation is 1. The van der Waals surface area contributed by atoms with Gasteiger partial charge in [-0.2, -0.15) is 5.10 Å². The minimum absolute atomic E-state index is 0.0782. The van der Waals surface area contributed by atoms with Crippen molar-refractivity contribution in [1.82, 2.24) is 0 Å². The lowest BCUT2D eigenvalue weighted by Crippen LogP contribution is -2.36. The van der Waals surface area contributed by atoms with Gasteiger partial charge >= 0.3 is 0 Å². The molecule has 0 saturated carbocycles. The van der Waals surface area contributed by atoms with E-state index in [9.17, 15) is 4.53 Å². The summed E-state index contributed by atoms with van der Waals surface area (Å²) in [6, 6.07) is 23.5. The topological polar surface area (TPSA) is 76.9 Å². The summed E-state index contributed by atoms with van der Waals surface area (Å²) in [5.74, 6) is 9.73. The maximum Gasteiger partial charge on any atom is 0.201 e. The normalized spacial score (nSPS) is 11.4. The summed E-state index contributed by atoms with van der Waals surface area (Å²) in [4.78, 5) is 3.95. The molecule has 0 spiro atoms. The van der Waals surface area contributed by atoms with Crippen LogP contribution in [0.1, 0.15) is 11.1 Å². The lowest BCUT2D eigenvalue weighted by Gasteiger charge is -2.19. The van der Waals surface area contributed by atoms with Gasteiger partial charge in [0.05, 0.1) is 5.69 Å². The number of nitrogens with zero attached hydrogens (tertiary/aromatic N) is 2. The minimum Gasteiger partial charge on any atom is -0.321 e. The Labute approximate surface area is 211 Å². The zero-order valence-corrected chi connectivity index (χ0v) is 20.1. The van der Waals surface area contributed by atoms with Crippen molar-refractivity contribution in [2.45, 2.75) is 12.7 Å². The van der Waals surface area contributed by atoms with Crippen LogP contribution in [0.15, 0.2) is 90.0 Å². The van der Waals surface area contributed by atoms with Crippen molar-refractivity contribution in [3.05, 3.63) is 108 Å². The van der Waals surface area contributed by atoms with E-state index in [1.54, 1.807) is 30.3 Å². The Morgan fingerprint density at radius 2 is 1.56 bits per heavy atom. The van der Waals surface area contributed by atoms with Crippen molar-refractivity contribution in [3.8, 4) is 28.0 Å². The Morgan fingerprint density at radius 3 is 2.19 bits per heavy atom. The molecule has 0 unspecified atom stereocenters. The Bertz CT molecular complexity index is 1380. The monoisotopic (exact) mass is 508 g/mol. The predicted octanol–water partition coefficient (Wildman–Crippen LogP) is 6.71. The molecule has 0 amide bonds. The van der Waals surface area contributed by atoms with Gasteiger partial charge in [-0.1, -0.05) is 71.9 Å². The van der Waals surface area contributed by atoms with E-state index < -0.39 is 11.6 Å². The van der Waals surface area contributed by atoms with Gasteiger partial charge < -0.3 is 5.84 Å². The summed E-state index contributed by atoms with van der Waals surface area (Å²) in [6.07, 6.45) is 0. The number of thioether (sulfide) groups is 1. The quantitative estimate of drug-likeness (QED) is 0.131. The van der Waals surface area contributed by atoms with Crippen molar-refractivity contribution in [2.24, 2.45) is 16.8 Å². The molecule has 0 radical (unpaired) electrons. The average Bonchev–Trinajstić information content (AvgIpc) is 2.90. The minimum atomic E-state index is -0.769. The number of benzene rings is 4. The summed E-state index contributed by atoms with van der Waals surface area (Å²) in [6.45, 7) is 1.97. The van der Waals surface area contributed by atoms with E-state index >= 15 is 8.78 Å². The Hall–Kier alpha value is -3.95. The van der Waals surface area contributed by atoms with Gasteiger partial charge in [0.25, 0.3) is 0 Å². The van der Waals surface area contributed by atoms with E-state index in [0.29, 0.717) is 11.3 Å². The number of halogens is 3. The fourth-order valence-electron chi connectivity index (χ4n) is 3.66. The van der Waals surface area contributed by atoms with Gasteiger partial charge in [0, 0.05) is 21.4 Å². The fraction of sp³-hybridized carbons (Fsp3) is 0.0741. The molecule has 5 nitrogen and oxygen atoms in total. The van der Waals surface area contributed by atoms with Gasteiger partial charge in [-0.3, -0.25) is 9.95 Å². The molecule has 0 aliphatic carbocycles. The molecule has 4 aromatic rings. The molecular weight excluding hydrogens is 485 g/mol. The maximum atomic E-state index is 15.1. The summed E-state index contributed by atoms with van der Waals surface area (Å²) >= 11 is 0.992. The van der Waals surface area contributed by atoms with Crippen LogP contribution >= 0.6 is 11.8 Å². The Morgan fingerprint density at radius 1 is 0.889 bits per heavy atom. The summed E-state index contributed by atoms with van der Waals surface area (Å²) in [5.41, 5.74) is 3.39. The molecular formula is C27H23F3N4OS. The van der Waals surface area contributed by atoms with Gasteiger partial charge in [0.15, 0.2) is 5.75 Å². The molecule has 0 fully saturated rings. The van der Waals surface area contributed by atoms with Crippen molar-refractivity contribution in [1.29, 1.82) is 0 Å². The van der Waals surface area contributed by atoms with Crippen LogP contribution in [0.2, 0.25) is 0 Å². The van der Waals surface area contributed by atoms with Gasteiger partial charge in [0.2, 0.25) is 5.17 Å². The molecule has 0 bridgehead atoms. The number of nitrogens with two attached hydrogens (primary N) is 2. The van der Waals surface area contributed by atoms with Crippen LogP contribution in [0.4, 0.5) is 19.0 Å². The van der Waals surface area contributed by atoms with Crippen LogP contribution in [0.25, 0.3) is 22.3 Å². The largest absolute Gasteiger partial charge is 0.321 e. The highest BCUT2D eigenvalue weighted by Gasteiger charge is 2.19. The van der Waals surface area contributed by atoms with E-state index in [0.717, 1.165) is 29.0 Å². The van der Waals surface area contributed by atoms with Crippen LogP contribution in [0.5, 0.6) is 5.75 Å². The number of hydrazone groups is 1. The zero-order chi connectivity index (χ0) is 25.7. The lowest BCUT2D eigenvalue weighted by molar-refractivity contribution is -0.00742. The molecule has 0 aliphatic rings. The number of para-hydroxylation sites is 1. The van der Waals surface area contributed by atoms with Crippen LogP contribution in [-0.4, -0.2) is 5.17 Å². The van der Waals surface area contributed by atoms with Crippen molar-refractivity contribution in [3.63, 3.8) is 0 Å². The van der Waals surface area contributed by atoms with Gasteiger partial charge in [0.1, 0.15) is 11.6 Å². The molecule has 0 aliphatic heterocycles. The third-order valence-corrected chi connectivity index (χ3v) is 6.59. The first kappa shape index (κ1) is 25.2. The maximum absolute atomic E-state index is 15.1. The first-order valence-electron chi connectivity index (χ1n) is 10.9. The smallest absolute Gasteiger partial charge is 0.201 e. The Kier molecular flexibility index (Phi) is 7.82. The molecule has 36 heavy (non-hydrogen) atoms. The van der Waals surface area contributed by atoms with Crippen molar-refractivity contribution in [2.75, 3.05) is 5.01 Å². The van der Waals surface area contributed by atoms with Crippen LogP contribution < -0.4 is 21.6 Å². The van der Waals surface area contributed by atoms with E-state index in [4.69, 9.17) is 11.7 Å². The molecule has 4 rings (SSSR count). The Balaban J connectivity index is 1.58. The molecule has 0 heterocycles. The molecule has 9 heteroatoms. The highest BCUT2D eigenvalue weighted by atomic mass is 32.2. The highest BCUT2D eigenvalue weighted by Crippen LogP contribution is 2.35. The number of anilines is 1. The van der Waals surface area contributed by atoms with E-state index in [1.165, 1.54) is 23.2 Å². The van der Waals surface area contributed by atoms with E-state index in [2.05, 4.69) is 10.0 Å². The second kappa shape index (κ2) is 11.2. The molecule has 4 aromatic carbocycles. The first-order chi connectivity index (χ1) is 17.4. The SMILES string of the molecule is Cc1ccc(-c2ccc(-c3cc(F)c(CS/C(=N/N)N(N)c4ccccc4)c(OF)c3)c(F)c2)cc1. The predicted molar refractivity (Wildman–Crippen MR) is 140 cm³/mol. The van der Waals surface area contributed by atoms with E-state index in [1.807, 2.05) is 37.3 Å². The van der Waals surface area contributed by atoms with Crippen molar-refractivity contribution >= 4 is 22.6 Å². The average molecular weight is 509 g/mol. The first-order valence-corrected chi connectivity index (χ1v) is 11.9. The van der Waals surface area contributed by atoms with Gasteiger partial charge in [-0.25, -0.2) is 14.6 Å². The standard InChI is InChI=1S/C27H23F3N4OS/c1-17-7-9-18(10-8-17)19-11-12-22(24(28)13-19)20-14-25(29)23(26(15-20)35-30)16-36-27(33-31)34(32)21-5-3-2-4-6-21/h2-15H,16,31-32H2,1H3/b33-27+. The van der Waals surface area contributed by atoms with Crippen LogP contribution in [0.3, 0.4) is 0 Å². The summed E-state index contributed by atoms with van der Waals surface area (Å²) in [7, 11) is 0. The second-order valence-corrected chi connectivity index (χ2v) is 8.92.